The van der Waals surface area contributed by atoms with Gasteiger partial charge in [-0.25, -0.2) is 4.63 Å². The summed E-state index contributed by atoms with van der Waals surface area (Å²) in [5.74, 6) is 0.623. The highest BCUT2D eigenvalue weighted by molar-refractivity contribution is 7.04. The third-order valence-corrected chi connectivity index (χ3v) is 4.45. The number of aromatic nitrogens is 2. The highest BCUT2D eigenvalue weighted by atomic mass is 16.6. The van der Waals surface area contributed by atoms with Crippen LogP contribution in [0.1, 0.15) is 30.1 Å². The second-order valence-electron chi connectivity index (χ2n) is 5.91. The number of nitrogens with zero attached hydrogens (tertiary/aromatic N) is 2. The van der Waals surface area contributed by atoms with Crippen LogP contribution in [0.25, 0.3) is 11.0 Å². The van der Waals surface area contributed by atoms with E-state index in [2.05, 4.69) is 34.9 Å². The summed E-state index contributed by atoms with van der Waals surface area (Å²) in [4.78, 5) is 12.3. The summed E-state index contributed by atoms with van der Waals surface area (Å²) in [6.07, 6.45) is 3.30. The lowest BCUT2D eigenvalue weighted by Gasteiger charge is -2.31. The van der Waals surface area contributed by atoms with E-state index in [9.17, 15) is 4.79 Å². The van der Waals surface area contributed by atoms with Crippen molar-refractivity contribution < 1.29 is 9.42 Å². The smallest absolute Gasteiger partial charge is 0.251 e. The molecule has 1 fully saturated rings. The third-order valence-electron chi connectivity index (χ3n) is 4.45. The lowest BCUT2D eigenvalue weighted by Crippen LogP contribution is -2.41. The Hall–Kier alpha value is -1.78. The molecule has 3 rings (SSSR count). The topological polar surface area (TPSA) is 68.0 Å². The van der Waals surface area contributed by atoms with Gasteiger partial charge in [-0.3, -0.25) is 4.79 Å². The standard InChI is InChI=1S/C13H17B2N3O2/c1-8-6-10(4-5-15(8)14)16-13(19)9-2-3-11-12(7-9)18-20-17-11/h2-3,7-8,10H,4-6,14H2,1H3,(H,16,19). The van der Waals surface area contributed by atoms with Crippen LogP contribution < -0.4 is 5.32 Å². The summed E-state index contributed by atoms with van der Waals surface area (Å²) < 4.78 is 4.64. The Morgan fingerprint density at radius 3 is 3.05 bits per heavy atom. The summed E-state index contributed by atoms with van der Waals surface area (Å²) in [5.41, 5.74) is 1.89. The van der Waals surface area contributed by atoms with Crippen molar-refractivity contribution in [1.29, 1.82) is 0 Å². The number of hydrogen-bond donors (Lipinski definition) is 1. The van der Waals surface area contributed by atoms with Crippen LogP contribution in [0.4, 0.5) is 0 Å². The number of rotatable bonds is 2. The van der Waals surface area contributed by atoms with E-state index in [0.29, 0.717) is 22.4 Å². The summed E-state index contributed by atoms with van der Waals surface area (Å²) in [5, 5.41) is 10.6. The number of carbonyl (C=O) groups is 1. The van der Waals surface area contributed by atoms with Crippen molar-refractivity contribution in [3.05, 3.63) is 23.8 Å². The van der Waals surface area contributed by atoms with Crippen LogP contribution in [0.2, 0.25) is 12.1 Å². The normalized spacial score (nSPS) is 22.9. The Labute approximate surface area is 118 Å². The van der Waals surface area contributed by atoms with Crippen LogP contribution >= 0.6 is 0 Å². The molecule has 2 aromatic rings. The maximum absolute atomic E-state index is 12.3. The maximum atomic E-state index is 12.3. The summed E-state index contributed by atoms with van der Waals surface area (Å²) in [7, 11) is 2.29. The Bertz CT molecular complexity index is 631. The number of fused-ring (bicyclic) bond motifs is 1. The van der Waals surface area contributed by atoms with Crippen molar-refractivity contribution in [3.63, 3.8) is 0 Å². The first-order chi connectivity index (χ1) is 9.63. The average Bonchev–Trinajstić information content (AvgIpc) is 2.90. The molecular formula is C13H17B2N3O2. The van der Waals surface area contributed by atoms with E-state index in [-0.39, 0.29) is 11.9 Å². The predicted molar refractivity (Wildman–Crippen MR) is 80.8 cm³/mol. The van der Waals surface area contributed by atoms with Gasteiger partial charge in [0.25, 0.3) is 5.91 Å². The van der Waals surface area contributed by atoms with E-state index in [1.807, 2.05) is 0 Å². The van der Waals surface area contributed by atoms with Crippen molar-refractivity contribution in [2.75, 3.05) is 0 Å². The van der Waals surface area contributed by atoms with Gasteiger partial charge in [-0.1, -0.05) is 19.1 Å². The molecule has 2 heterocycles. The summed E-state index contributed by atoms with van der Waals surface area (Å²) >= 11 is 0. The fraction of sp³-hybridized carbons (Fsp3) is 0.462. The van der Waals surface area contributed by atoms with Gasteiger partial charge in [0.05, 0.1) is 7.74 Å². The van der Waals surface area contributed by atoms with Crippen molar-refractivity contribution in [2.24, 2.45) is 0 Å². The van der Waals surface area contributed by atoms with E-state index >= 15 is 0 Å². The van der Waals surface area contributed by atoms with Crippen molar-refractivity contribution in [3.8, 4) is 0 Å². The van der Waals surface area contributed by atoms with Crippen LogP contribution in [-0.2, 0) is 0 Å². The Morgan fingerprint density at radius 1 is 1.45 bits per heavy atom. The monoisotopic (exact) mass is 269 g/mol. The molecular weight excluding hydrogens is 252 g/mol. The van der Waals surface area contributed by atoms with Gasteiger partial charge in [0.1, 0.15) is 17.6 Å². The van der Waals surface area contributed by atoms with Crippen LogP contribution in [0.5, 0.6) is 0 Å². The van der Waals surface area contributed by atoms with Gasteiger partial charge in [0.2, 0.25) is 0 Å². The Balaban J connectivity index is 1.69. The molecule has 1 aromatic carbocycles. The zero-order valence-corrected chi connectivity index (χ0v) is 11.8. The van der Waals surface area contributed by atoms with Crippen LogP contribution in [0.15, 0.2) is 22.8 Å². The van der Waals surface area contributed by atoms with E-state index < -0.39 is 0 Å². The first-order valence-corrected chi connectivity index (χ1v) is 7.16. The second kappa shape index (κ2) is 5.31. The minimum absolute atomic E-state index is 0.0401. The number of nitrogens with one attached hydrogen (secondary N) is 1. The molecule has 2 atom stereocenters. The van der Waals surface area contributed by atoms with Crippen molar-refractivity contribution in [2.45, 2.75) is 37.9 Å². The molecule has 20 heavy (non-hydrogen) atoms. The Morgan fingerprint density at radius 2 is 2.25 bits per heavy atom. The summed E-state index contributed by atoms with van der Waals surface area (Å²) in [6, 6.07) is 5.51. The third kappa shape index (κ3) is 2.57. The van der Waals surface area contributed by atoms with Gasteiger partial charge in [0.15, 0.2) is 0 Å². The molecule has 0 aliphatic carbocycles. The Kier molecular flexibility index (Phi) is 3.51. The highest BCUT2D eigenvalue weighted by Gasteiger charge is 2.27. The molecule has 0 spiro atoms. The maximum Gasteiger partial charge on any atom is 0.251 e. The molecule has 1 saturated heterocycles. The largest absolute Gasteiger partial charge is 0.349 e. The molecule has 1 aliphatic heterocycles. The molecule has 102 valence electrons. The molecule has 1 aromatic heterocycles. The zero-order valence-electron chi connectivity index (χ0n) is 11.8. The SMILES string of the molecule is BB1CCC(NC(=O)c2ccc3nonc3c2)CC1C. The van der Waals surface area contributed by atoms with Gasteiger partial charge >= 0.3 is 0 Å². The molecule has 0 bridgehead atoms. The molecule has 2 unspecified atom stereocenters. The van der Waals surface area contributed by atoms with Gasteiger partial charge in [-0.05, 0) is 41.4 Å². The first kappa shape index (κ1) is 13.2. The number of amides is 1. The predicted octanol–water partition coefficient (Wildman–Crippen LogP) is 1.13. The quantitative estimate of drug-likeness (QED) is 0.830. The number of hydrogen-bond acceptors (Lipinski definition) is 4. The summed E-state index contributed by atoms with van der Waals surface area (Å²) in [6.45, 7) is 3.01. The van der Waals surface area contributed by atoms with Crippen LogP contribution in [0, 0.1) is 0 Å². The number of benzene rings is 1. The fourth-order valence-corrected chi connectivity index (χ4v) is 2.87. The first-order valence-electron chi connectivity index (χ1n) is 7.16. The van der Waals surface area contributed by atoms with Gasteiger partial charge in [-0.15, -0.1) is 0 Å². The second-order valence-corrected chi connectivity index (χ2v) is 5.91. The molecule has 0 saturated carbocycles. The van der Waals surface area contributed by atoms with Gasteiger partial charge in [-0.2, -0.15) is 0 Å². The lowest BCUT2D eigenvalue weighted by atomic mass is 9.23. The highest BCUT2D eigenvalue weighted by Crippen LogP contribution is 2.27. The van der Waals surface area contributed by atoms with Crippen LogP contribution in [-0.4, -0.2) is 36.6 Å². The lowest BCUT2D eigenvalue weighted by molar-refractivity contribution is 0.0932. The fourth-order valence-electron chi connectivity index (χ4n) is 2.87. The van der Waals surface area contributed by atoms with Gasteiger partial charge < -0.3 is 5.32 Å². The van der Waals surface area contributed by atoms with E-state index in [1.54, 1.807) is 18.2 Å². The van der Waals surface area contributed by atoms with Crippen molar-refractivity contribution >= 4 is 31.3 Å². The van der Waals surface area contributed by atoms with E-state index in [0.717, 1.165) is 19.4 Å². The van der Waals surface area contributed by atoms with E-state index in [1.165, 1.54) is 6.32 Å². The average molecular weight is 269 g/mol. The minimum atomic E-state index is -0.0401. The van der Waals surface area contributed by atoms with Crippen LogP contribution in [0.3, 0.4) is 0 Å². The molecule has 1 aliphatic rings. The molecule has 1 amide bonds. The number of carbonyl (C=O) groups excluding carboxylic acids is 1. The molecule has 7 heteroatoms. The minimum Gasteiger partial charge on any atom is -0.349 e. The van der Waals surface area contributed by atoms with E-state index in [4.69, 9.17) is 0 Å². The van der Waals surface area contributed by atoms with Crippen molar-refractivity contribution in [1.82, 2.24) is 15.6 Å². The zero-order chi connectivity index (χ0) is 14.1. The molecule has 1 N–H and O–H groups in total. The molecule has 0 radical (unpaired) electrons. The van der Waals surface area contributed by atoms with Gasteiger partial charge in [0, 0.05) is 11.6 Å². The molecule has 5 nitrogen and oxygen atoms in total.